The molecule has 1 saturated heterocycles. The van der Waals surface area contributed by atoms with Crippen molar-refractivity contribution in [1.82, 2.24) is 9.97 Å². The number of halogens is 1. The summed E-state index contributed by atoms with van der Waals surface area (Å²) < 4.78 is 25.2. The van der Waals surface area contributed by atoms with Crippen LogP contribution in [0.25, 0.3) is 0 Å². The second-order valence-corrected chi connectivity index (χ2v) is 7.43. The summed E-state index contributed by atoms with van der Waals surface area (Å²) in [6, 6.07) is 5.91. The van der Waals surface area contributed by atoms with Gasteiger partial charge in [0, 0.05) is 18.1 Å². The van der Waals surface area contributed by atoms with E-state index in [-0.39, 0.29) is 15.6 Å². The predicted octanol–water partition coefficient (Wildman–Crippen LogP) is 2.15. The third-order valence-electron chi connectivity index (χ3n) is 3.57. The Kier molecular flexibility index (Phi) is 3.92. The average molecular weight is 339 g/mol. The van der Waals surface area contributed by atoms with Crippen LogP contribution in [0.15, 0.2) is 40.3 Å². The summed E-state index contributed by atoms with van der Waals surface area (Å²) in [5.74, 6) is 0.442. The van der Waals surface area contributed by atoms with E-state index in [0.29, 0.717) is 11.0 Å². The van der Waals surface area contributed by atoms with Crippen molar-refractivity contribution in [2.45, 2.75) is 22.6 Å². The molecule has 22 heavy (non-hydrogen) atoms. The van der Waals surface area contributed by atoms with Crippen LogP contribution < -0.4 is 10.6 Å². The Morgan fingerprint density at radius 1 is 1.14 bits per heavy atom. The summed E-state index contributed by atoms with van der Waals surface area (Å²) in [4.78, 5) is 10.3. The van der Waals surface area contributed by atoms with E-state index in [4.69, 9.17) is 17.3 Å². The number of benzene rings is 1. The monoisotopic (exact) mass is 338 g/mol. The van der Waals surface area contributed by atoms with Gasteiger partial charge < -0.3 is 10.6 Å². The van der Waals surface area contributed by atoms with Gasteiger partial charge in [0.05, 0.1) is 11.1 Å². The Hall–Kier alpha value is -1.86. The molecule has 6 nitrogen and oxygen atoms in total. The van der Waals surface area contributed by atoms with Gasteiger partial charge in [-0.3, -0.25) is 0 Å². The van der Waals surface area contributed by atoms with Crippen molar-refractivity contribution in [3.8, 4) is 0 Å². The first-order valence-corrected chi connectivity index (χ1v) is 8.73. The molecular formula is C14H15ClN4O2S. The fourth-order valence-corrected chi connectivity index (χ4v) is 3.78. The number of anilines is 2. The molecule has 1 aromatic carbocycles. The Morgan fingerprint density at radius 3 is 2.36 bits per heavy atom. The maximum Gasteiger partial charge on any atom is 0.227 e. The molecule has 1 aromatic heterocycles. The second-order valence-electron chi connectivity index (χ2n) is 5.07. The van der Waals surface area contributed by atoms with Gasteiger partial charge in [-0.05, 0) is 37.1 Å². The van der Waals surface area contributed by atoms with Crippen molar-refractivity contribution >= 4 is 33.2 Å². The first-order valence-electron chi connectivity index (χ1n) is 6.86. The Morgan fingerprint density at radius 2 is 1.77 bits per heavy atom. The van der Waals surface area contributed by atoms with Crippen molar-refractivity contribution in [1.29, 1.82) is 0 Å². The molecular weight excluding hydrogens is 324 g/mol. The molecule has 0 atom stereocenters. The fraction of sp³-hybridized carbons (Fsp3) is 0.286. The molecule has 0 unspecified atom stereocenters. The van der Waals surface area contributed by atoms with Crippen LogP contribution in [0.4, 0.5) is 11.8 Å². The molecule has 2 N–H and O–H groups in total. The minimum absolute atomic E-state index is 0.0353. The fourth-order valence-electron chi connectivity index (χ4n) is 2.39. The summed E-state index contributed by atoms with van der Waals surface area (Å²) in [5, 5.41) is 0.465. The number of sulfone groups is 1. The maximum absolute atomic E-state index is 12.6. The Labute approximate surface area is 133 Å². The summed E-state index contributed by atoms with van der Waals surface area (Å²) >= 11 is 5.78. The zero-order valence-corrected chi connectivity index (χ0v) is 13.3. The molecule has 0 radical (unpaired) electrons. The van der Waals surface area contributed by atoms with E-state index in [1.165, 1.54) is 30.5 Å². The zero-order valence-electron chi connectivity index (χ0n) is 11.7. The highest BCUT2D eigenvalue weighted by Crippen LogP contribution is 2.27. The first kappa shape index (κ1) is 15.1. The average Bonchev–Trinajstić information content (AvgIpc) is 3.01. The van der Waals surface area contributed by atoms with E-state index >= 15 is 0 Å². The quantitative estimate of drug-likeness (QED) is 0.922. The number of rotatable bonds is 3. The molecule has 8 heteroatoms. The largest absolute Gasteiger partial charge is 0.382 e. The van der Waals surface area contributed by atoms with Crippen LogP contribution in [0, 0.1) is 0 Å². The molecule has 2 aromatic rings. The molecule has 2 heterocycles. The number of aromatic nitrogens is 2. The predicted molar refractivity (Wildman–Crippen MR) is 84.8 cm³/mol. The van der Waals surface area contributed by atoms with Crippen molar-refractivity contribution in [3.05, 3.63) is 35.5 Å². The molecule has 1 aliphatic rings. The minimum atomic E-state index is -3.75. The van der Waals surface area contributed by atoms with Crippen molar-refractivity contribution in [3.63, 3.8) is 0 Å². The molecule has 0 aliphatic carbocycles. The van der Waals surface area contributed by atoms with Gasteiger partial charge in [-0.1, -0.05) is 11.6 Å². The lowest BCUT2D eigenvalue weighted by Crippen LogP contribution is -2.21. The van der Waals surface area contributed by atoms with Crippen molar-refractivity contribution in [2.24, 2.45) is 0 Å². The van der Waals surface area contributed by atoms with E-state index in [9.17, 15) is 8.42 Å². The Bertz CT molecular complexity index is 787. The maximum atomic E-state index is 12.6. The summed E-state index contributed by atoms with van der Waals surface area (Å²) in [6.45, 7) is 1.73. The van der Waals surface area contributed by atoms with Crippen LogP contribution in [0.5, 0.6) is 0 Å². The normalized spacial score (nSPS) is 15.2. The van der Waals surface area contributed by atoms with Crippen LogP contribution in [0.2, 0.25) is 5.02 Å². The molecule has 1 fully saturated rings. The third-order valence-corrected chi connectivity index (χ3v) is 5.61. The van der Waals surface area contributed by atoms with Crippen LogP contribution in [-0.4, -0.2) is 31.5 Å². The zero-order chi connectivity index (χ0) is 15.7. The van der Waals surface area contributed by atoms with E-state index in [0.717, 1.165) is 25.9 Å². The van der Waals surface area contributed by atoms with Crippen LogP contribution in [0.3, 0.4) is 0 Å². The number of hydrogen-bond acceptors (Lipinski definition) is 6. The summed E-state index contributed by atoms with van der Waals surface area (Å²) in [7, 11) is -3.75. The highest BCUT2D eigenvalue weighted by atomic mass is 35.5. The van der Waals surface area contributed by atoms with Gasteiger partial charge in [-0.15, -0.1) is 0 Å². The highest BCUT2D eigenvalue weighted by molar-refractivity contribution is 7.91. The van der Waals surface area contributed by atoms with Crippen LogP contribution >= 0.6 is 11.6 Å². The minimum Gasteiger partial charge on any atom is -0.382 e. The molecule has 0 spiro atoms. The molecule has 116 valence electrons. The van der Waals surface area contributed by atoms with Gasteiger partial charge in [0.1, 0.15) is 10.7 Å². The lowest BCUT2D eigenvalue weighted by molar-refractivity contribution is 0.595. The van der Waals surface area contributed by atoms with Crippen molar-refractivity contribution in [2.75, 3.05) is 23.7 Å². The van der Waals surface area contributed by atoms with Crippen LogP contribution in [0.1, 0.15) is 12.8 Å². The van der Waals surface area contributed by atoms with Gasteiger partial charge in [-0.2, -0.15) is 4.98 Å². The molecule has 0 amide bonds. The van der Waals surface area contributed by atoms with E-state index in [1.54, 1.807) is 0 Å². The Balaban J connectivity index is 1.98. The second kappa shape index (κ2) is 5.73. The van der Waals surface area contributed by atoms with Crippen LogP contribution in [-0.2, 0) is 9.84 Å². The van der Waals surface area contributed by atoms with Crippen molar-refractivity contribution < 1.29 is 8.42 Å². The molecule has 0 bridgehead atoms. The third kappa shape index (κ3) is 2.74. The molecule has 0 saturated carbocycles. The topological polar surface area (TPSA) is 89.2 Å². The smallest absolute Gasteiger partial charge is 0.227 e. The standard InChI is InChI=1S/C14H15ClN4O2S/c15-10-3-5-11(6-4-10)22(20,21)12-9-17-14(18-13(12)16)19-7-1-2-8-19/h3-6,9H,1-2,7-8H2,(H2,16,17,18). The lowest BCUT2D eigenvalue weighted by Gasteiger charge is -2.16. The molecule has 1 aliphatic heterocycles. The number of nitrogens with two attached hydrogens (primary N) is 1. The SMILES string of the molecule is Nc1nc(N2CCCC2)ncc1S(=O)(=O)c1ccc(Cl)cc1. The summed E-state index contributed by atoms with van der Waals surface area (Å²) in [5.41, 5.74) is 5.86. The van der Waals surface area contributed by atoms with Gasteiger partial charge in [0.25, 0.3) is 0 Å². The van der Waals surface area contributed by atoms with E-state index in [2.05, 4.69) is 9.97 Å². The van der Waals surface area contributed by atoms with Gasteiger partial charge in [0.2, 0.25) is 15.8 Å². The first-order chi connectivity index (χ1) is 10.5. The number of nitrogen functional groups attached to an aromatic ring is 1. The highest BCUT2D eigenvalue weighted by Gasteiger charge is 2.24. The number of nitrogens with zero attached hydrogens (tertiary/aromatic N) is 3. The number of hydrogen-bond donors (Lipinski definition) is 1. The van der Waals surface area contributed by atoms with Gasteiger partial charge >= 0.3 is 0 Å². The van der Waals surface area contributed by atoms with E-state index < -0.39 is 9.84 Å². The lowest BCUT2D eigenvalue weighted by atomic mass is 10.4. The van der Waals surface area contributed by atoms with E-state index in [1.807, 2.05) is 4.90 Å². The van der Waals surface area contributed by atoms with Gasteiger partial charge in [0.15, 0.2) is 0 Å². The molecule has 3 rings (SSSR count). The van der Waals surface area contributed by atoms with Gasteiger partial charge in [-0.25, -0.2) is 13.4 Å². The summed E-state index contributed by atoms with van der Waals surface area (Å²) in [6.07, 6.45) is 3.43.